The van der Waals surface area contributed by atoms with Crippen LogP contribution in [0.15, 0.2) is 96.2 Å². The number of sulfonamides is 1. The van der Waals surface area contributed by atoms with Gasteiger partial charge in [-0.3, -0.25) is 4.79 Å². The maximum Gasteiger partial charge on any atom is 0.251 e. The van der Waals surface area contributed by atoms with Gasteiger partial charge in [0.05, 0.1) is 10.6 Å². The Balaban J connectivity index is 1.36. The number of hydrogen-bond donors (Lipinski definition) is 2. The Hall–Kier alpha value is -3.75. The average Bonchev–Trinajstić information content (AvgIpc) is 3.39. The molecule has 174 valence electrons. The first kappa shape index (κ1) is 23.4. The van der Waals surface area contributed by atoms with Gasteiger partial charge in [-0.25, -0.2) is 17.8 Å². The Labute approximate surface area is 199 Å². The number of hydrogen-bond acceptors (Lipinski definition) is 4. The van der Waals surface area contributed by atoms with Gasteiger partial charge in [-0.1, -0.05) is 48.5 Å². The predicted octanol–water partition coefficient (Wildman–Crippen LogP) is 3.63. The SMILES string of the molecule is Cc1ccc(C(=O)NCCc2ccc(-n3cccn3)cc2)cc1S(=O)(=O)NCc1ccccc1. The third kappa shape index (κ3) is 5.78. The van der Waals surface area contributed by atoms with Crippen molar-refractivity contribution in [3.8, 4) is 5.69 Å². The van der Waals surface area contributed by atoms with Crippen molar-refractivity contribution >= 4 is 15.9 Å². The number of aryl methyl sites for hydroxylation is 1. The summed E-state index contributed by atoms with van der Waals surface area (Å²) < 4.78 is 30.1. The average molecular weight is 475 g/mol. The Bertz CT molecular complexity index is 1350. The van der Waals surface area contributed by atoms with Crippen LogP contribution >= 0.6 is 0 Å². The van der Waals surface area contributed by atoms with Crippen molar-refractivity contribution in [3.05, 3.63) is 114 Å². The van der Waals surface area contributed by atoms with E-state index in [2.05, 4.69) is 15.1 Å². The Morgan fingerprint density at radius 1 is 0.941 bits per heavy atom. The summed E-state index contributed by atoms with van der Waals surface area (Å²) in [5, 5.41) is 7.08. The lowest BCUT2D eigenvalue weighted by Gasteiger charge is -2.12. The van der Waals surface area contributed by atoms with Crippen LogP contribution in [-0.4, -0.2) is 30.7 Å². The van der Waals surface area contributed by atoms with E-state index in [0.717, 1.165) is 16.8 Å². The molecule has 2 N–H and O–H groups in total. The van der Waals surface area contributed by atoms with Gasteiger partial charge in [0.1, 0.15) is 0 Å². The molecule has 1 aromatic heterocycles. The quantitative estimate of drug-likeness (QED) is 0.387. The highest BCUT2D eigenvalue weighted by Gasteiger charge is 2.19. The zero-order valence-corrected chi connectivity index (χ0v) is 19.6. The van der Waals surface area contributed by atoms with Gasteiger partial charge in [-0.15, -0.1) is 0 Å². The van der Waals surface area contributed by atoms with Crippen LogP contribution in [0, 0.1) is 6.92 Å². The summed E-state index contributed by atoms with van der Waals surface area (Å²) in [5.74, 6) is -0.312. The van der Waals surface area contributed by atoms with E-state index in [0.29, 0.717) is 24.1 Å². The molecule has 0 fully saturated rings. The molecule has 0 radical (unpaired) electrons. The van der Waals surface area contributed by atoms with Gasteiger partial charge in [0.2, 0.25) is 10.0 Å². The van der Waals surface area contributed by atoms with E-state index < -0.39 is 10.0 Å². The minimum Gasteiger partial charge on any atom is -0.352 e. The molecule has 1 heterocycles. The fourth-order valence-electron chi connectivity index (χ4n) is 3.54. The maximum atomic E-state index is 12.9. The molecule has 0 aliphatic carbocycles. The van der Waals surface area contributed by atoms with Crippen molar-refractivity contribution in [3.63, 3.8) is 0 Å². The van der Waals surface area contributed by atoms with Gasteiger partial charge in [-0.05, 0) is 60.4 Å². The van der Waals surface area contributed by atoms with Crippen LogP contribution in [0.5, 0.6) is 0 Å². The number of nitrogens with one attached hydrogen (secondary N) is 2. The molecule has 8 heteroatoms. The largest absolute Gasteiger partial charge is 0.352 e. The molecule has 0 unspecified atom stereocenters. The fourth-order valence-corrected chi connectivity index (χ4v) is 4.83. The van der Waals surface area contributed by atoms with E-state index in [1.165, 1.54) is 6.07 Å². The Morgan fingerprint density at radius 2 is 1.71 bits per heavy atom. The Morgan fingerprint density at radius 3 is 2.41 bits per heavy atom. The molecule has 34 heavy (non-hydrogen) atoms. The second-order valence-electron chi connectivity index (χ2n) is 7.91. The van der Waals surface area contributed by atoms with E-state index in [9.17, 15) is 13.2 Å². The number of amides is 1. The van der Waals surface area contributed by atoms with Crippen molar-refractivity contribution in [2.75, 3.05) is 6.54 Å². The van der Waals surface area contributed by atoms with E-state index >= 15 is 0 Å². The number of nitrogens with zero attached hydrogens (tertiary/aromatic N) is 2. The molecule has 1 amide bonds. The van der Waals surface area contributed by atoms with Crippen LogP contribution in [-0.2, 0) is 23.0 Å². The number of carbonyl (C=O) groups is 1. The highest BCUT2D eigenvalue weighted by molar-refractivity contribution is 7.89. The molecule has 3 aromatic carbocycles. The number of aromatic nitrogens is 2. The normalized spacial score (nSPS) is 11.3. The summed E-state index contributed by atoms with van der Waals surface area (Å²) in [4.78, 5) is 12.8. The third-order valence-electron chi connectivity index (χ3n) is 5.45. The molecule has 0 saturated carbocycles. The first-order chi connectivity index (χ1) is 16.4. The topological polar surface area (TPSA) is 93.1 Å². The Kier molecular flexibility index (Phi) is 7.20. The van der Waals surface area contributed by atoms with Crippen molar-refractivity contribution in [1.29, 1.82) is 0 Å². The standard InChI is InChI=1S/C26H26N4O3S/c1-20-8-11-23(18-25(20)34(32,33)29-19-22-6-3-2-4-7-22)26(31)27-16-14-21-9-12-24(13-10-21)30-17-5-15-28-30/h2-13,15,17-18,29H,14,16,19H2,1H3,(H,27,31). The summed E-state index contributed by atoms with van der Waals surface area (Å²) in [6.07, 6.45) is 4.26. The fraction of sp³-hybridized carbons (Fsp3) is 0.154. The molecule has 0 spiro atoms. The van der Waals surface area contributed by atoms with Gasteiger partial charge in [-0.2, -0.15) is 5.10 Å². The molecule has 7 nitrogen and oxygen atoms in total. The molecule has 0 saturated heterocycles. The van der Waals surface area contributed by atoms with Crippen LogP contribution in [0.4, 0.5) is 0 Å². The van der Waals surface area contributed by atoms with Crippen molar-refractivity contribution in [2.45, 2.75) is 24.8 Å². The monoisotopic (exact) mass is 474 g/mol. The molecule has 0 aliphatic rings. The number of benzene rings is 3. The van der Waals surface area contributed by atoms with Crippen LogP contribution < -0.4 is 10.0 Å². The van der Waals surface area contributed by atoms with Crippen LogP contribution in [0.1, 0.15) is 27.0 Å². The summed E-state index contributed by atoms with van der Waals surface area (Å²) in [5.41, 5.74) is 3.78. The third-order valence-corrected chi connectivity index (χ3v) is 7.00. The van der Waals surface area contributed by atoms with Crippen molar-refractivity contribution < 1.29 is 13.2 Å². The molecule has 4 aromatic rings. The summed E-state index contributed by atoms with van der Waals surface area (Å²) in [6, 6.07) is 23.8. The maximum absolute atomic E-state index is 12.9. The van der Waals surface area contributed by atoms with Gasteiger partial charge < -0.3 is 5.32 Å². The van der Waals surface area contributed by atoms with Gasteiger partial charge in [0.15, 0.2) is 0 Å². The van der Waals surface area contributed by atoms with E-state index in [1.807, 2.05) is 66.9 Å². The number of carbonyl (C=O) groups excluding carboxylic acids is 1. The summed E-state index contributed by atoms with van der Waals surface area (Å²) >= 11 is 0. The van der Waals surface area contributed by atoms with E-state index in [1.54, 1.807) is 29.9 Å². The highest BCUT2D eigenvalue weighted by Crippen LogP contribution is 2.18. The smallest absolute Gasteiger partial charge is 0.251 e. The van der Waals surface area contributed by atoms with Gasteiger partial charge in [0, 0.05) is 31.0 Å². The van der Waals surface area contributed by atoms with Crippen LogP contribution in [0.3, 0.4) is 0 Å². The van der Waals surface area contributed by atoms with E-state index in [-0.39, 0.29) is 17.3 Å². The molecular weight excluding hydrogens is 448 g/mol. The van der Waals surface area contributed by atoms with Crippen LogP contribution in [0.25, 0.3) is 5.69 Å². The van der Waals surface area contributed by atoms with Gasteiger partial charge in [0.25, 0.3) is 5.91 Å². The lowest BCUT2D eigenvalue weighted by atomic mass is 10.1. The minimum absolute atomic E-state index is 0.102. The molecule has 0 atom stereocenters. The first-order valence-electron chi connectivity index (χ1n) is 10.9. The van der Waals surface area contributed by atoms with Gasteiger partial charge >= 0.3 is 0 Å². The summed E-state index contributed by atoms with van der Waals surface area (Å²) in [6.45, 7) is 2.33. The van der Waals surface area contributed by atoms with Crippen molar-refractivity contribution in [1.82, 2.24) is 19.8 Å². The first-order valence-corrected chi connectivity index (χ1v) is 12.4. The van der Waals surface area contributed by atoms with Crippen molar-refractivity contribution in [2.24, 2.45) is 0 Å². The summed E-state index contributed by atoms with van der Waals surface area (Å²) in [7, 11) is -3.77. The predicted molar refractivity (Wildman–Crippen MR) is 131 cm³/mol. The molecule has 0 bridgehead atoms. The minimum atomic E-state index is -3.77. The van der Waals surface area contributed by atoms with E-state index in [4.69, 9.17) is 0 Å². The molecule has 0 aliphatic heterocycles. The molecular formula is C26H26N4O3S. The zero-order valence-electron chi connectivity index (χ0n) is 18.8. The highest BCUT2D eigenvalue weighted by atomic mass is 32.2. The zero-order chi connectivity index (χ0) is 24.0. The number of rotatable bonds is 9. The lowest BCUT2D eigenvalue weighted by Crippen LogP contribution is -2.27. The lowest BCUT2D eigenvalue weighted by molar-refractivity contribution is 0.0954. The second-order valence-corrected chi connectivity index (χ2v) is 9.65. The second kappa shape index (κ2) is 10.5. The molecule has 4 rings (SSSR count). The van der Waals surface area contributed by atoms with Crippen LogP contribution in [0.2, 0.25) is 0 Å².